The smallest absolute Gasteiger partial charge is 0.0587 e. The van der Waals surface area contributed by atoms with Gasteiger partial charge in [0, 0.05) is 39.0 Å². The summed E-state index contributed by atoms with van der Waals surface area (Å²) in [4.78, 5) is 2.53. The molecule has 0 unspecified atom stereocenters. The highest BCUT2D eigenvalue weighted by atomic mass is 32.2. The van der Waals surface area contributed by atoms with Crippen molar-refractivity contribution in [2.75, 3.05) is 59.0 Å². The molecule has 120 valence electrons. The molecular weight excluding hydrogens is 268 g/mol. The van der Waals surface area contributed by atoms with Gasteiger partial charge in [0.2, 0.25) is 0 Å². The molecule has 0 amide bonds. The van der Waals surface area contributed by atoms with E-state index in [0.29, 0.717) is 5.41 Å². The number of ether oxygens (including phenoxy) is 1. The summed E-state index contributed by atoms with van der Waals surface area (Å²) in [6.45, 7) is 7.78. The van der Waals surface area contributed by atoms with Gasteiger partial charge in [-0.1, -0.05) is 19.8 Å². The van der Waals surface area contributed by atoms with Crippen LogP contribution in [0.1, 0.15) is 32.6 Å². The van der Waals surface area contributed by atoms with Gasteiger partial charge in [0.25, 0.3) is 0 Å². The minimum atomic E-state index is 0.480. The third kappa shape index (κ3) is 6.79. The molecule has 0 radical (unpaired) electrons. The molecule has 3 nitrogen and oxygen atoms in total. The lowest BCUT2D eigenvalue weighted by atomic mass is 9.70. The molecule has 0 bridgehead atoms. The Labute approximate surface area is 130 Å². The van der Waals surface area contributed by atoms with Crippen LogP contribution in [-0.2, 0) is 4.74 Å². The summed E-state index contributed by atoms with van der Waals surface area (Å²) in [6, 6.07) is 0. The van der Waals surface area contributed by atoms with Gasteiger partial charge in [-0.3, -0.25) is 0 Å². The van der Waals surface area contributed by atoms with Crippen molar-refractivity contribution >= 4 is 11.8 Å². The minimum absolute atomic E-state index is 0.480. The molecule has 1 aliphatic rings. The first kappa shape index (κ1) is 18.3. The number of nitrogens with zero attached hydrogens (tertiary/aromatic N) is 1. The number of nitrogens with one attached hydrogen (secondary N) is 1. The third-order valence-corrected chi connectivity index (χ3v) is 5.19. The van der Waals surface area contributed by atoms with Crippen LogP contribution in [0, 0.1) is 11.3 Å². The number of hydrogen-bond acceptors (Lipinski definition) is 4. The lowest BCUT2D eigenvalue weighted by Gasteiger charge is -2.42. The van der Waals surface area contributed by atoms with Crippen LogP contribution in [0.15, 0.2) is 0 Å². The normalized spacial score (nSPS) is 27.1. The zero-order chi connectivity index (χ0) is 14.8. The number of hydrogen-bond donors (Lipinski definition) is 1. The molecule has 1 N–H and O–H groups in total. The summed E-state index contributed by atoms with van der Waals surface area (Å²) in [5, 5.41) is 3.62. The van der Waals surface area contributed by atoms with Crippen molar-refractivity contribution in [2.45, 2.75) is 32.6 Å². The van der Waals surface area contributed by atoms with Crippen LogP contribution in [0.5, 0.6) is 0 Å². The second-order valence-electron chi connectivity index (χ2n) is 6.58. The maximum Gasteiger partial charge on any atom is 0.0587 e. The average molecular weight is 303 g/mol. The van der Waals surface area contributed by atoms with Crippen molar-refractivity contribution in [3.05, 3.63) is 0 Å². The summed E-state index contributed by atoms with van der Waals surface area (Å²) >= 11 is 1.94. The maximum absolute atomic E-state index is 5.14. The van der Waals surface area contributed by atoms with E-state index in [1.807, 2.05) is 11.8 Å². The van der Waals surface area contributed by atoms with Crippen LogP contribution < -0.4 is 5.32 Å². The van der Waals surface area contributed by atoms with Gasteiger partial charge < -0.3 is 15.0 Å². The van der Waals surface area contributed by atoms with Crippen LogP contribution in [0.25, 0.3) is 0 Å². The largest absolute Gasteiger partial charge is 0.383 e. The Balaban J connectivity index is 2.45. The van der Waals surface area contributed by atoms with Gasteiger partial charge >= 0.3 is 0 Å². The fourth-order valence-corrected chi connectivity index (χ4v) is 3.69. The Kier molecular flexibility index (Phi) is 9.18. The Morgan fingerprint density at radius 1 is 1.35 bits per heavy atom. The monoisotopic (exact) mass is 302 g/mol. The zero-order valence-electron chi connectivity index (χ0n) is 13.9. The molecule has 1 aliphatic carbocycles. The molecule has 0 saturated heterocycles. The Bertz CT molecular complexity index is 243. The van der Waals surface area contributed by atoms with Gasteiger partial charge in [0.05, 0.1) is 6.61 Å². The van der Waals surface area contributed by atoms with Gasteiger partial charge in [0.15, 0.2) is 0 Å². The lowest BCUT2D eigenvalue weighted by Crippen LogP contribution is -2.46. The molecule has 1 rings (SSSR count). The second kappa shape index (κ2) is 10.0. The van der Waals surface area contributed by atoms with E-state index < -0.39 is 0 Å². The highest BCUT2D eigenvalue weighted by Gasteiger charge is 2.34. The van der Waals surface area contributed by atoms with Crippen molar-refractivity contribution in [1.29, 1.82) is 0 Å². The van der Waals surface area contributed by atoms with Gasteiger partial charge in [-0.15, -0.1) is 0 Å². The van der Waals surface area contributed by atoms with Gasteiger partial charge in [0.1, 0.15) is 0 Å². The summed E-state index contributed by atoms with van der Waals surface area (Å²) in [6.07, 6.45) is 7.72. The molecule has 0 aromatic carbocycles. The average Bonchev–Trinajstić information content (AvgIpc) is 2.45. The van der Waals surface area contributed by atoms with Gasteiger partial charge in [-0.25, -0.2) is 0 Å². The Hall–Kier alpha value is 0.230. The number of rotatable bonds is 10. The van der Waals surface area contributed by atoms with Crippen molar-refractivity contribution < 1.29 is 4.74 Å². The van der Waals surface area contributed by atoms with Crippen LogP contribution >= 0.6 is 11.8 Å². The van der Waals surface area contributed by atoms with Crippen molar-refractivity contribution in [3.8, 4) is 0 Å². The van der Waals surface area contributed by atoms with E-state index >= 15 is 0 Å². The van der Waals surface area contributed by atoms with E-state index in [-0.39, 0.29) is 0 Å². The predicted molar refractivity (Wildman–Crippen MR) is 90.7 cm³/mol. The van der Waals surface area contributed by atoms with Crippen LogP contribution in [0.4, 0.5) is 0 Å². The maximum atomic E-state index is 5.14. The highest BCUT2D eigenvalue weighted by molar-refractivity contribution is 7.98. The van der Waals surface area contributed by atoms with Crippen LogP contribution in [-0.4, -0.2) is 63.9 Å². The number of methoxy groups -OCH3 is 1. The van der Waals surface area contributed by atoms with E-state index in [0.717, 1.165) is 25.6 Å². The summed E-state index contributed by atoms with van der Waals surface area (Å²) in [5.41, 5.74) is 0.480. The zero-order valence-corrected chi connectivity index (χ0v) is 14.7. The van der Waals surface area contributed by atoms with E-state index in [4.69, 9.17) is 4.74 Å². The summed E-state index contributed by atoms with van der Waals surface area (Å²) < 4.78 is 5.14. The third-order valence-electron chi connectivity index (χ3n) is 4.60. The summed E-state index contributed by atoms with van der Waals surface area (Å²) in [5.74, 6) is 2.15. The number of thioether (sulfide) groups is 1. The summed E-state index contributed by atoms with van der Waals surface area (Å²) in [7, 11) is 4.06. The first-order chi connectivity index (χ1) is 9.62. The van der Waals surface area contributed by atoms with Gasteiger partial charge in [-0.05, 0) is 37.5 Å². The standard InChI is InChI=1S/C16H34N2OS/c1-15-5-7-16(8-6-15,13-17-9-11-19-3)14-18(2)10-12-20-4/h15,17H,5-14H2,1-4H3. The SMILES string of the molecule is COCCNCC1(CN(C)CCSC)CCC(C)CC1. The van der Waals surface area contributed by atoms with Crippen LogP contribution in [0.2, 0.25) is 0 Å². The first-order valence-corrected chi connectivity index (χ1v) is 9.38. The van der Waals surface area contributed by atoms with E-state index in [2.05, 4.69) is 30.4 Å². The van der Waals surface area contributed by atoms with Crippen molar-refractivity contribution in [1.82, 2.24) is 10.2 Å². The van der Waals surface area contributed by atoms with E-state index in [1.54, 1.807) is 7.11 Å². The first-order valence-electron chi connectivity index (χ1n) is 7.99. The molecule has 4 heteroatoms. The molecule has 1 saturated carbocycles. The molecule has 1 fully saturated rings. The van der Waals surface area contributed by atoms with Gasteiger partial charge in [-0.2, -0.15) is 11.8 Å². The Morgan fingerprint density at radius 2 is 2.05 bits per heavy atom. The van der Waals surface area contributed by atoms with Crippen molar-refractivity contribution in [3.63, 3.8) is 0 Å². The molecular formula is C16H34N2OS. The topological polar surface area (TPSA) is 24.5 Å². The molecule has 0 aromatic heterocycles. The molecule has 20 heavy (non-hydrogen) atoms. The fraction of sp³-hybridized carbons (Fsp3) is 1.00. The molecule has 0 spiro atoms. The van der Waals surface area contributed by atoms with E-state index in [9.17, 15) is 0 Å². The van der Waals surface area contributed by atoms with Crippen LogP contribution in [0.3, 0.4) is 0 Å². The van der Waals surface area contributed by atoms with Crippen molar-refractivity contribution in [2.24, 2.45) is 11.3 Å². The molecule has 0 aromatic rings. The quantitative estimate of drug-likeness (QED) is 0.627. The highest BCUT2D eigenvalue weighted by Crippen LogP contribution is 2.39. The molecule has 0 aliphatic heterocycles. The fourth-order valence-electron chi connectivity index (χ4n) is 3.19. The van der Waals surface area contributed by atoms with E-state index in [1.165, 1.54) is 44.5 Å². The molecule has 0 atom stereocenters. The Morgan fingerprint density at radius 3 is 2.65 bits per heavy atom. The minimum Gasteiger partial charge on any atom is -0.383 e. The second-order valence-corrected chi connectivity index (χ2v) is 7.57. The predicted octanol–water partition coefficient (Wildman–Crippen LogP) is 2.71. The molecule has 0 heterocycles. The lowest BCUT2D eigenvalue weighted by molar-refractivity contribution is 0.0982.